The van der Waals surface area contributed by atoms with Crippen molar-refractivity contribution >= 4 is 49.7 Å². The smallest absolute Gasteiger partial charge is 0.135 e. The summed E-state index contributed by atoms with van der Waals surface area (Å²) in [5, 5.41) is 4.78. The van der Waals surface area contributed by atoms with Crippen LogP contribution >= 0.6 is 0 Å². The zero-order valence-electron chi connectivity index (χ0n) is 36.3. The summed E-state index contributed by atoms with van der Waals surface area (Å²) in [6, 6.07) is 73.4. The van der Waals surface area contributed by atoms with Gasteiger partial charge in [0.05, 0.1) is 6.04 Å². The van der Waals surface area contributed by atoms with Crippen molar-refractivity contribution in [3.63, 3.8) is 0 Å². The molecule has 0 spiro atoms. The van der Waals surface area contributed by atoms with Crippen molar-refractivity contribution in [3.05, 3.63) is 235 Å². The predicted octanol–water partition coefficient (Wildman–Crippen LogP) is 16.8. The summed E-state index contributed by atoms with van der Waals surface area (Å²) in [6.45, 7) is 7.11. The Hall–Kier alpha value is -7.68. The van der Waals surface area contributed by atoms with E-state index in [1.165, 1.54) is 88.9 Å². The molecule has 0 bridgehead atoms. The van der Waals surface area contributed by atoms with Crippen LogP contribution in [0.15, 0.2) is 223 Å². The second kappa shape index (κ2) is 15.0. The van der Waals surface area contributed by atoms with Crippen LogP contribution in [0.1, 0.15) is 37.5 Å². The quantitative estimate of drug-likeness (QED) is 0.159. The average Bonchev–Trinajstić information content (AvgIpc) is 3.83. The predicted molar refractivity (Wildman–Crippen MR) is 270 cm³/mol. The summed E-state index contributed by atoms with van der Waals surface area (Å²) >= 11 is 0. The van der Waals surface area contributed by atoms with Gasteiger partial charge in [0.2, 0.25) is 0 Å². The zero-order chi connectivity index (χ0) is 42.9. The summed E-state index contributed by atoms with van der Waals surface area (Å²) in [6.07, 6.45) is 7.24. The van der Waals surface area contributed by atoms with Crippen molar-refractivity contribution in [1.82, 2.24) is 0 Å². The molecule has 2 unspecified atom stereocenters. The lowest BCUT2D eigenvalue weighted by atomic mass is 9.81. The number of hydrogen-bond acceptors (Lipinski definition) is 2. The van der Waals surface area contributed by atoms with E-state index in [-0.39, 0.29) is 17.4 Å². The van der Waals surface area contributed by atoms with E-state index in [2.05, 4.69) is 238 Å². The lowest BCUT2D eigenvalue weighted by molar-refractivity contribution is 0.612. The highest BCUT2D eigenvalue weighted by Gasteiger charge is 2.36. The molecule has 2 atom stereocenters. The SMILES string of the molecule is CC1C=C(c2ccc3oc4ccccc4c3c2)C=CC1N(c1ccccc1-c1ccc2c(c1)C(C)(C)c1ccccc1-2)c1ccccc1-c1cccc2cccc(-c3ccccc3)c12. The molecule has 0 N–H and O–H groups in total. The van der Waals surface area contributed by atoms with Gasteiger partial charge in [0, 0.05) is 38.7 Å². The van der Waals surface area contributed by atoms with E-state index >= 15 is 0 Å². The summed E-state index contributed by atoms with van der Waals surface area (Å²) in [7, 11) is 0. The van der Waals surface area contributed by atoms with Crippen molar-refractivity contribution in [1.29, 1.82) is 0 Å². The summed E-state index contributed by atoms with van der Waals surface area (Å²) in [5.41, 5.74) is 19.2. The second-order valence-electron chi connectivity index (χ2n) is 18.1. The van der Waals surface area contributed by atoms with Crippen molar-refractivity contribution in [3.8, 4) is 44.5 Å². The van der Waals surface area contributed by atoms with Crippen molar-refractivity contribution in [2.24, 2.45) is 5.92 Å². The number of hydrogen-bond donors (Lipinski definition) is 0. The molecular formula is C62H47NO. The Balaban J connectivity index is 1.04. The molecule has 2 aliphatic carbocycles. The standard InChI is InChI=1S/C62H47NO/c1-40-37-43(44-33-36-60-53(38-44)51-24-10-14-30-59(51)64-60)32-35-56(40)63(57-28-12-8-21-46(57)45-31-34-49-48-22-7-11-27-54(48)62(2,3)55(49)39-45)58-29-13-9-23-50(58)52-26-16-20-42-19-15-25-47(61(42)52)41-17-5-4-6-18-41/h4-40,56H,1-3H3. The molecule has 2 heteroatoms. The second-order valence-corrected chi connectivity index (χ2v) is 18.1. The van der Waals surface area contributed by atoms with Gasteiger partial charge in [-0.15, -0.1) is 0 Å². The van der Waals surface area contributed by atoms with Crippen LogP contribution in [0, 0.1) is 5.92 Å². The fourth-order valence-corrected chi connectivity index (χ4v) is 10.8. The van der Waals surface area contributed by atoms with Gasteiger partial charge in [-0.3, -0.25) is 0 Å². The molecule has 1 aromatic heterocycles. The van der Waals surface area contributed by atoms with Gasteiger partial charge in [-0.05, 0) is 109 Å². The lowest BCUT2D eigenvalue weighted by Gasteiger charge is -2.39. The minimum atomic E-state index is -0.110. The molecule has 2 aliphatic rings. The Bertz CT molecular complexity index is 3510. The summed E-state index contributed by atoms with van der Waals surface area (Å²) in [5.74, 6) is 0.152. The van der Waals surface area contributed by atoms with Crippen LogP contribution in [0.4, 0.5) is 11.4 Å². The molecule has 0 saturated carbocycles. The third-order valence-electron chi connectivity index (χ3n) is 14.0. The molecule has 0 radical (unpaired) electrons. The fourth-order valence-electron chi connectivity index (χ4n) is 10.8. The van der Waals surface area contributed by atoms with Crippen LogP contribution in [0.2, 0.25) is 0 Å². The first-order chi connectivity index (χ1) is 31.4. The Morgan fingerprint density at radius 3 is 1.89 bits per heavy atom. The number of furan rings is 1. The van der Waals surface area contributed by atoms with Crippen molar-refractivity contribution in [2.75, 3.05) is 4.90 Å². The van der Waals surface area contributed by atoms with Gasteiger partial charge in [-0.25, -0.2) is 0 Å². The summed E-state index contributed by atoms with van der Waals surface area (Å²) in [4.78, 5) is 2.63. The van der Waals surface area contributed by atoms with Crippen LogP contribution in [0.5, 0.6) is 0 Å². The van der Waals surface area contributed by atoms with Gasteiger partial charge in [0.25, 0.3) is 0 Å². The van der Waals surface area contributed by atoms with Crippen LogP contribution in [-0.4, -0.2) is 6.04 Å². The third-order valence-corrected chi connectivity index (χ3v) is 14.0. The van der Waals surface area contributed by atoms with Gasteiger partial charge in [-0.2, -0.15) is 0 Å². The first-order valence-corrected chi connectivity index (χ1v) is 22.5. The van der Waals surface area contributed by atoms with Crippen LogP contribution in [0.25, 0.3) is 82.8 Å². The number of fused-ring (bicyclic) bond motifs is 7. The number of rotatable bonds is 7. The van der Waals surface area contributed by atoms with E-state index in [0.717, 1.165) is 21.9 Å². The molecule has 64 heavy (non-hydrogen) atoms. The molecule has 0 amide bonds. The minimum Gasteiger partial charge on any atom is -0.456 e. The molecular weight excluding hydrogens is 775 g/mol. The largest absolute Gasteiger partial charge is 0.456 e. The number of allylic oxidation sites excluding steroid dienone is 2. The minimum absolute atomic E-state index is 0.00299. The molecule has 2 nitrogen and oxygen atoms in total. The number of benzene rings is 9. The fraction of sp³-hybridized carbons (Fsp3) is 0.0968. The van der Waals surface area contributed by atoms with Gasteiger partial charge in [0.1, 0.15) is 11.2 Å². The van der Waals surface area contributed by atoms with Crippen LogP contribution in [0.3, 0.4) is 0 Å². The number of anilines is 2. The van der Waals surface area contributed by atoms with Gasteiger partial charge in [-0.1, -0.05) is 203 Å². The molecule has 306 valence electrons. The maximum absolute atomic E-state index is 6.22. The van der Waals surface area contributed by atoms with E-state index in [9.17, 15) is 0 Å². The highest BCUT2D eigenvalue weighted by Crippen LogP contribution is 2.51. The first kappa shape index (κ1) is 38.0. The van der Waals surface area contributed by atoms with Gasteiger partial charge >= 0.3 is 0 Å². The molecule has 1 heterocycles. The molecule has 0 saturated heterocycles. The molecule has 0 fully saturated rings. The van der Waals surface area contributed by atoms with E-state index in [1.807, 2.05) is 6.07 Å². The average molecular weight is 822 g/mol. The Labute approximate surface area is 375 Å². The Morgan fingerprint density at radius 1 is 0.453 bits per heavy atom. The van der Waals surface area contributed by atoms with E-state index in [1.54, 1.807) is 0 Å². The number of nitrogens with zero attached hydrogens (tertiary/aromatic N) is 1. The van der Waals surface area contributed by atoms with Gasteiger partial charge < -0.3 is 9.32 Å². The van der Waals surface area contributed by atoms with Crippen molar-refractivity contribution in [2.45, 2.75) is 32.2 Å². The lowest BCUT2D eigenvalue weighted by Crippen LogP contribution is -2.36. The monoisotopic (exact) mass is 821 g/mol. The van der Waals surface area contributed by atoms with E-state index < -0.39 is 0 Å². The highest BCUT2D eigenvalue weighted by atomic mass is 16.3. The molecule has 12 rings (SSSR count). The Morgan fingerprint density at radius 2 is 1.08 bits per heavy atom. The molecule has 10 aromatic rings. The first-order valence-electron chi connectivity index (χ1n) is 22.5. The third kappa shape index (κ3) is 6.08. The maximum atomic E-state index is 6.22. The van der Waals surface area contributed by atoms with Crippen LogP contribution < -0.4 is 4.90 Å². The van der Waals surface area contributed by atoms with Crippen LogP contribution in [-0.2, 0) is 5.41 Å². The van der Waals surface area contributed by atoms with Crippen molar-refractivity contribution < 1.29 is 4.42 Å². The topological polar surface area (TPSA) is 16.4 Å². The molecule has 9 aromatic carbocycles. The van der Waals surface area contributed by atoms with E-state index in [0.29, 0.717) is 0 Å². The van der Waals surface area contributed by atoms with Gasteiger partial charge in [0.15, 0.2) is 0 Å². The van der Waals surface area contributed by atoms with E-state index in [4.69, 9.17) is 4.42 Å². The number of para-hydroxylation sites is 3. The molecule has 0 aliphatic heterocycles. The zero-order valence-corrected chi connectivity index (χ0v) is 36.3. The maximum Gasteiger partial charge on any atom is 0.135 e. The highest BCUT2D eigenvalue weighted by molar-refractivity contribution is 6.09. The Kier molecular flexibility index (Phi) is 8.91. The normalized spacial score (nSPS) is 16.2. The summed E-state index contributed by atoms with van der Waals surface area (Å²) < 4.78 is 6.22.